The van der Waals surface area contributed by atoms with Gasteiger partial charge < -0.3 is 15.8 Å². The van der Waals surface area contributed by atoms with Crippen molar-refractivity contribution in [3.63, 3.8) is 0 Å². The second-order valence-electron chi connectivity index (χ2n) is 5.31. The highest BCUT2D eigenvalue weighted by Crippen LogP contribution is 2.29. The number of hydrazine groups is 1. The van der Waals surface area contributed by atoms with Crippen molar-refractivity contribution in [1.29, 1.82) is 0 Å². The van der Waals surface area contributed by atoms with E-state index < -0.39 is 10.5 Å². The van der Waals surface area contributed by atoms with Gasteiger partial charge >= 0.3 is 0 Å². The van der Waals surface area contributed by atoms with E-state index in [1.165, 1.54) is 12.1 Å². The molecule has 2 rings (SSSR count). The maximum Gasteiger partial charge on any atom is 0.273 e. The van der Waals surface area contributed by atoms with Crippen LogP contribution in [0.3, 0.4) is 0 Å². The molecule has 0 bridgehead atoms. The first kappa shape index (κ1) is 14.5. The largest absolute Gasteiger partial charge is 0.388 e. The Labute approximate surface area is 117 Å². The van der Waals surface area contributed by atoms with E-state index in [0.29, 0.717) is 17.9 Å². The minimum atomic E-state index is -0.723. The summed E-state index contributed by atoms with van der Waals surface area (Å²) in [5.74, 6) is 5.30. The summed E-state index contributed by atoms with van der Waals surface area (Å²) in [5.41, 5.74) is 2.67. The molecule has 1 aliphatic carbocycles. The lowest BCUT2D eigenvalue weighted by Gasteiger charge is -2.32. The molecule has 20 heavy (non-hydrogen) atoms. The zero-order valence-electron chi connectivity index (χ0n) is 11.3. The van der Waals surface area contributed by atoms with Crippen molar-refractivity contribution >= 4 is 17.1 Å². The van der Waals surface area contributed by atoms with Crippen LogP contribution in [0.25, 0.3) is 0 Å². The molecule has 1 aromatic carbocycles. The van der Waals surface area contributed by atoms with E-state index in [9.17, 15) is 15.2 Å². The van der Waals surface area contributed by atoms with Crippen molar-refractivity contribution in [1.82, 2.24) is 0 Å². The Kier molecular flexibility index (Phi) is 4.41. The highest BCUT2D eigenvalue weighted by molar-refractivity contribution is 5.63. The minimum Gasteiger partial charge on any atom is -0.388 e. The van der Waals surface area contributed by atoms with Crippen molar-refractivity contribution in [3.05, 3.63) is 28.3 Å². The molecule has 1 fully saturated rings. The Morgan fingerprint density at radius 1 is 1.25 bits per heavy atom. The molecule has 0 heterocycles. The molecule has 0 radical (unpaired) electrons. The number of nitrogen functional groups attached to an aromatic ring is 1. The molecule has 0 saturated heterocycles. The standard InChI is InChI=1S/C13H20N4O3/c14-16-11-6-10(7-12(8-11)17(19)20)15-9-13(18)4-2-1-3-5-13/h6-8,15-16,18H,1-5,9,14H2. The summed E-state index contributed by atoms with van der Waals surface area (Å²) in [6.45, 7) is 0.387. The second-order valence-corrected chi connectivity index (χ2v) is 5.31. The van der Waals surface area contributed by atoms with Gasteiger partial charge in [-0.05, 0) is 18.9 Å². The topological polar surface area (TPSA) is 113 Å². The summed E-state index contributed by atoms with van der Waals surface area (Å²) in [5, 5.41) is 24.3. The van der Waals surface area contributed by atoms with E-state index in [-0.39, 0.29) is 5.69 Å². The van der Waals surface area contributed by atoms with Gasteiger partial charge in [0.25, 0.3) is 5.69 Å². The maximum absolute atomic E-state index is 10.9. The Morgan fingerprint density at radius 2 is 1.90 bits per heavy atom. The summed E-state index contributed by atoms with van der Waals surface area (Å²) >= 11 is 0. The van der Waals surface area contributed by atoms with Crippen LogP contribution in [0.1, 0.15) is 32.1 Å². The van der Waals surface area contributed by atoms with Crippen molar-refractivity contribution < 1.29 is 10.0 Å². The highest BCUT2D eigenvalue weighted by Gasteiger charge is 2.28. The monoisotopic (exact) mass is 280 g/mol. The average molecular weight is 280 g/mol. The van der Waals surface area contributed by atoms with Gasteiger partial charge in [-0.15, -0.1) is 0 Å². The van der Waals surface area contributed by atoms with Crippen LogP contribution in [0, 0.1) is 10.1 Å². The number of aliphatic hydroxyl groups is 1. The molecule has 0 aliphatic heterocycles. The third-order valence-electron chi connectivity index (χ3n) is 3.70. The van der Waals surface area contributed by atoms with Gasteiger partial charge in [-0.3, -0.25) is 16.0 Å². The molecule has 0 spiro atoms. The van der Waals surface area contributed by atoms with Crippen molar-refractivity contribution in [2.75, 3.05) is 17.3 Å². The van der Waals surface area contributed by atoms with E-state index >= 15 is 0 Å². The number of nitro benzene ring substituents is 1. The lowest BCUT2D eigenvalue weighted by atomic mass is 9.85. The molecule has 7 heteroatoms. The SMILES string of the molecule is NNc1cc(NCC2(O)CCCCC2)cc([N+](=O)[O-])c1. The summed E-state index contributed by atoms with van der Waals surface area (Å²) in [6, 6.07) is 4.48. The fourth-order valence-electron chi connectivity index (χ4n) is 2.56. The first-order chi connectivity index (χ1) is 9.52. The molecule has 0 amide bonds. The van der Waals surface area contributed by atoms with Crippen LogP contribution in [0.4, 0.5) is 17.1 Å². The Hall–Kier alpha value is -1.86. The van der Waals surface area contributed by atoms with E-state index in [1.54, 1.807) is 6.07 Å². The predicted octanol–water partition coefficient (Wildman–Crippen LogP) is 1.99. The van der Waals surface area contributed by atoms with E-state index in [4.69, 9.17) is 5.84 Å². The molecule has 5 N–H and O–H groups in total. The molecular formula is C13H20N4O3. The van der Waals surface area contributed by atoms with Gasteiger partial charge in [0.05, 0.1) is 16.2 Å². The Morgan fingerprint density at radius 3 is 2.50 bits per heavy atom. The number of rotatable bonds is 5. The maximum atomic E-state index is 10.9. The molecule has 0 atom stereocenters. The number of non-ortho nitro benzene ring substituents is 1. The molecule has 0 unspecified atom stereocenters. The van der Waals surface area contributed by atoms with Gasteiger partial charge in [0.2, 0.25) is 0 Å². The number of nitrogens with two attached hydrogens (primary N) is 1. The lowest BCUT2D eigenvalue weighted by molar-refractivity contribution is -0.384. The summed E-state index contributed by atoms with van der Waals surface area (Å²) in [6.07, 6.45) is 4.71. The Bertz CT molecular complexity index is 487. The predicted molar refractivity (Wildman–Crippen MR) is 77.4 cm³/mol. The Balaban J connectivity index is 2.08. The van der Waals surface area contributed by atoms with Gasteiger partial charge in [-0.1, -0.05) is 19.3 Å². The number of benzene rings is 1. The summed E-state index contributed by atoms with van der Waals surface area (Å²) in [4.78, 5) is 10.4. The number of anilines is 2. The first-order valence-electron chi connectivity index (χ1n) is 6.75. The molecular weight excluding hydrogens is 260 g/mol. The second kappa shape index (κ2) is 6.06. The molecule has 1 aliphatic rings. The molecule has 1 saturated carbocycles. The fraction of sp³-hybridized carbons (Fsp3) is 0.538. The van der Waals surface area contributed by atoms with Crippen LogP contribution in [0.15, 0.2) is 18.2 Å². The number of nitrogens with zero attached hydrogens (tertiary/aromatic N) is 1. The van der Waals surface area contributed by atoms with E-state index in [2.05, 4.69) is 10.7 Å². The van der Waals surface area contributed by atoms with Gasteiger partial charge in [-0.25, -0.2) is 0 Å². The van der Waals surface area contributed by atoms with Crippen LogP contribution in [0.5, 0.6) is 0 Å². The van der Waals surface area contributed by atoms with E-state index in [0.717, 1.165) is 32.1 Å². The fourth-order valence-corrected chi connectivity index (χ4v) is 2.56. The van der Waals surface area contributed by atoms with Gasteiger partial charge in [0, 0.05) is 24.4 Å². The van der Waals surface area contributed by atoms with Crippen molar-refractivity contribution in [2.45, 2.75) is 37.7 Å². The number of nitrogens with one attached hydrogen (secondary N) is 2. The normalized spacial score (nSPS) is 17.5. The van der Waals surface area contributed by atoms with Crippen LogP contribution >= 0.6 is 0 Å². The summed E-state index contributed by atoms with van der Waals surface area (Å²) in [7, 11) is 0. The van der Waals surface area contributed by atoms with Crippen molar-refractivity contribution in [3.8, 4) is 0 Å². The zero-order valence-corrected chi connectivity index (χ0v) is 11.3. The van der Waals surface area contributed by atoms with Gasteiger partial charge in [0.1, 0.15) is 0 Å². The highest BCUT2D eigenvalue weighted by atomic mass is 16.6. The smallest absolute Gasteiger partial charge is 0.273 e. The third kappa shape index (κ3) is 3.58. The average Bonchev–Trinajstić information content (AvgIpc) is 2.45. The van der Waals surface area contributed by atoms with Crippen LogP contribution in [-0.2, 0) is 0 Å². The lowest BCUT2D eigenvalue weighted by Crippen LogP contribution is -2.38. The van der Waals surface area contributed by atoms with Gasteiger partial charge in [-0.2, -0.15) is 0 Å². The van der Waals surface area contributed by atoms with Gasteiger partial charge in [0.15, 0.2) is 0 Å². The summed E-state index contributed by atoms with van der Waals surface area (Å²) < 4.78 is 0. The minimum absolute atomic E-state index is 0.0430. The number of hydrogen-bond acceptors (Lipinski definition) is 6. The molecule has 110 valence electrons. The zero-order chi connectivity index (χ0) is 14.6. The van der Waals surface area contributed by atoms with Crippen LogP contribution < -0.4 is 16.6 Å². The molecule has 1 aromatic rings. The third-order valence-corrected chi connectivity index (χ3v) is 3.70. The molecule has 7 nitrogen and oxygen atoms in total. The first-order valence-corrected chi connectivity index (χ1v) is 6.75. The number of hydrogen-bond donors (Lipinski definition) is 4. The quantitative estimate of drug-likeness (QED) is 0.372. The van der Waals surface area contributed by atoms with Crippen molar-refractivity contribution in [2.24, 2.45) is 5.84 Å². The molecule has 0 aromatic heterocycles. The number of nitro groups is 1. The van der Waals surface area contributed by atoms with Crippen LogP contribution in [-0.4, -0.2) is 22.2 Å². The van der Waals surface area contributed by atoms with E-state index in [1.807, 2.05) is 0 Å². The van der Waals surface area contributed by atoms with Crippen LogP contribution in [0.2, 0.25) is 0 Å².